The number of carbonyl (C=O) groups excluding carboxylic acids is 4. The van der Waals surface area contributed by atoms with Crippen molar-refractivity contribution >= 4 is 39.5 Å². The number of aliphatic hydroxyl groups is 1. The van der Waals surface area contributed by atoms with Crippen LogP contribution in [0.1, 0.15) is 285 Å². The number of ether oxygens (including phenoxy) is 4. The summed E-state index contributed by atoms with van der Waals surface area (Å²) in [6, 6.07) is 0. The van der Waals surface area contributed by atoms with Gasteiger partial charge < -0.3 is 33.8 Å². The third-order valence-corrected chi connectivity index (χ3v) is 17.0. The molecule has 0 aliphatic rings. The molecule has 0 aromatic rings. The maximum atomic E-state index is 13.0. The van der Waals surface area contributed by atoms with Crippen molar-refractivity contribution in [2.24, 2.45) is 0 Å². The van der Waals surface area contributed by atoms with E-state index < -0.39 is 97.5 Å². The van der Waals surface area contributed by atoms with Crippen molar-refractivity contribution in [3.8, 4) is 0 Å². The van der Waals surface area contributed by atoms with E-state index >= 15 is 0 Å². The lowest BCUT2D eigenvalue weighted by Gasteiger charge is -2.21. The summed E-state index contributed by atoms with van der Waals surface area (Å²) < 4.78 is 68.2. The SMILES string of the molecule is CC/C=C\C/C=C\C/C=C\C/C=C\C/C=C\C/C=C\CCC(=O)OCC(COP(=O)(O)OCC(O)COP(=O)(O)OCC(COC(=O)CCCCCC/C=C\C/C=C\C/C=C\C/C=C\CC)OC(=O)CCCCCCC/C=C\CCCC)OC(=O)CCCCCCCCCCCCC. The maximum absolute atomic E-state index is 13.0. The van der Waals surface area contributed by atoms with Gasteiger partial charge in [-0.15, -0.1) is 0 Å². The summed E-state index contributed by atoms with van der Waals surface area (Å²) in [6.07, 6.45) is 77.6. The van der Waals surface area contributed by atoms with Crippen LogP contribution < -0.4 is 0 Å². The molecule has 560 valence electrons. The largest absolute Gasteiger partial charge is 0.472 e. The fraction of sp³-hybridized carbons (Fsp3) is 0.671. The first-order chi connectivity index (χ1) is 47.7. The van der Waals surface area contributed by atoms with Crippen LogP contribution in [0, 0.1) is 0 Å². The molecule has 5 atom stereocenters. The Morgan fingerprint density at radius 2 is 0.561 bits per heavy atom. The van der Waals surface area contributed by atoms with E-state index in [0.29, 0.717) is 32.1 Å². The van der Waals surface area contributed by atoms with Gasteiger partial charge in [0.2, 0.25) is 0 Å². The Morgan fingerprint density at radius 1 is 0.296 bits per heavy atom. The van der Waals surface area contributed by atoms with E-state index in [4.69, 9.17) is 37.0 Å². The van der Waals surface area contributed by atoms with Crippen LogP contribution in [0.5, 0.6) is 0 Å². The molecular weight excluding hydrogens is 1280 g/mol. The molecule has 0 heterocycles. The number of phosphoric ester groups is 2. The predicted molar refractivity (Wildman–Crippen MR) is 399 cm³/mol. The summed E-state index contributed by atoms with van der Waals surface area (Å²) in [7, 11) is -9.97. The molecule has 0 aliphatic heterocycles. The van der Waals surface area contributed by atoms with Gasteiger partial charge in [0.1, 0.15) is 19.3 Å². The summed E-state index contributed by atoms with van der Waals surface area (Å²) in [4.78, 5) is 72.7. The smallest absolute Gasteiger partial charge is 0.462 e. The minimum Gasteiger partial charge on any atom is -0.462 e. The topological polar surface area (TPSA) is 237 Å². The molecule has 0 radical (unpaired) electrons. The zero-order valence-electron chi connectivity index (χ0n) is 60.9. The molecule has 0 aromatic carbocycles. The summed E-state index contributed by atoms with van der Waals surface area (Å²) in [5.74, 6) is -2.31. The number of esters is 4. The highest BCUT2D eigenvalue weighted by Gasteiger charge is 2.30. The minimum absolute atomic E-state index is 0.0348. The van der Waals surface area contributed by atoms with Gasteiger partial charge in [-0.25, -0.2) is 9.13 Å². The highest BCUT2D eigenvalue weighted by atomic mass is 31.2. The molecule has 98 heavy (non-hydrogen) atoms. The molecule has 0 spiro atoms. The molecule has 0 saturated heterocycles. The van der Waals surface area contributed by atoms with Crippen LogP contribution in [0.25, 0.3) is 0 Å². The van der Waals surface area contributed by atoms with Crippen molar-refractivity contribution in [1.82, 2.24) is 0 Å². The fourth-order valence-corrected chi connectivity index (χ4v) is 11.0. The zero-order valence-corrected chi connectivity index (χ0v) is 62.7. The van der Waals surface area contributed by atoms with Crippen molar-refractivity contribution in [1.29, 1.82) is 0 Å². The Morgan fingerprint density at radius 3 is 0.918 bits per heavy atom. The molecule has 17 nitrogen and oxygen atoms in total. The first-order valence-electron chi connectivity index (χ1n) is 37.4. The van der Waals surface area contributed by atoms with Crippen LogP contribution in [-0.2, 0) is 65.4 Å². The van der Waals surface area contributed by atoms with Gasteiger partial charge in [0.15, 0.2) is 12.2 Å². The van der Waals surface area contributed by atoms with Crippen molar-refractivity contribution in [3.63, 3.8) is 0 Å². The molecule has 0 saturated carbocycles. The molecule has 0 bridgehead atoms. The second kappa shape index (κ2) is 70.6. The number of rotatable bonds is 69. The number of carbonyl (C=O) groups is 4. The van der Waals surface area contributed by atoms with Gasteiger partial charge >= 0.3 is 39.5 Å². The predicted octanol–water partition coefficient (Wildman–Crippen LogP) is 21.3. The maximum Gasteiger partial charge on any atom is 0.472 e. The lowest BCUT2D eigenvalue weighted by molar-refractivity contribution is -0.161. The van der Waals surface area contributed by atoms with Gasteiger partial charge in [0.05, 0.1) is 26.4 Å². The van der Waals surface area contributed by atoms with Crippen molar-refractivity contribution < 1.29 is 80.2 Å². The van der Waals surface area contributed by atoms with Gasteiger partial charge in [-0.2, -0.15) is 0 Å². The minimum atomic E-state index is -4.99. The first-order valence-corrected chi connectivity index (χ1v) is 40.4. The van der Waals surface area contributed by atoms with E-state index in [2.05, 4.69) is 143 Å². The first kappa shape index (κ1) is 93.2. The van der Waals surface area contributed by atoms with E-state index in [0.717, 1.165) is 148 Å². The lowest BCUT2D eigenvalue weighted by Crippen LogP contribution is -2.30. The van der Waals surface area contributed by atoms with Crippen molar-refractivity contribution in [2.45, 2.75) is 303 Å². The summed E-state index contributed by atoms with van der Waals surface area (Å²) in [5.41, 5.74) is 0. The summed E-state index contributed by atoms with van der Waals surface area (Å²) in [5, 5.41) is 10.6. The number of allylic oxidation sites excluding steroid dienone is 22. The van der Waals surface area contributed by atoms with E-state index in [1.54, 1.807) is 0 Å². The molecule has 0 rings (SSSR count). The fourth-order valence-electron chi connectivity index (χ4n) is 9.45. The van der Waals surface area contributed by atoms with E-state index in [9.17, 15) is 43.2 Å². The second-order valence-electron chi connectivity index (χ2n) is 24.5. The van der Waals surface area contributed by atoms with Crippen LogP contribution in [0.2, 0.25) is 0 Å². The van der Waals surface area contributed by atoms with Crippen LogP contribution >= 0.6 is 15.6 Å². The Labute approximate surface area is 593 Å². The Balaban J connectivity index is 5.37. The third-order valence-electron chi connectivity index (χ3n) is 15.1. The van der Waals surface area contributed by atoms with Crippen LogP contribution in [-0.4, -0.2) is 96.7 Å². The van der Waals surface area contributed by atoms with E-state index in [-0.39, 0.29) is 25.7 Å². The second-order valence-corrected chi connectivity index (χ2v) is 27.4. The molecule has 5 unspecified atom stereocenters. The summed E-state index contributed by atoms with van der Waals surface area (Å²) >= 11 is 0. The van der Waals surface area contributed by atoms with E-state index in [1.807, 2.05) is 18.2 Å². The van der Waals surface area contributed by atoms with Crippen molar-refractivity contribution in [3.05, 3.63) is 134 Å². The van der Waals surface area contributed by atoms with Gasteiger partial charge in [-0.05, 0) is 122 Å². The van der Waals surface area contributed by atoms with Gasteiger partial charge in [-0.1, -0.05) is 271 Å². The number of unbranched alkanes of at least 4 members (excludes halogenated alkanes) is 21. The molecule has 0 amide bonds. The van der Waals surface area contributed by atoms with E-state index in [1.165, 1.54) is 51.4 Å². The molecule has 0 aliphatic carbocycles. The van der Waals surface area contributed by atoms with Gasteiger partial charge in [0.25, 0.3) is 0 Å². The highest BCUT2D eigenvalue weighted by molar-refractivity contribution is 7.47. The standard InChI is InChI=1S/C79H132O17P2/c1-5-9-13-17-21-25-29-31-33-35-36-38-40-42-46-48-52-56-60-64-77(82)90-70-75(96-79(84)66-62-58-54-50-44-28-24-20-16-12-8-4)72-94-98(87,88)92-68-73(80)67-91-97(85,86)93-71-74(95-78(83)65-61-57-53-49-43-27-23-19-15-11-7-3)69-89-76(81)63-59-55-51-47-45-41-39-37-34-32-30-26-22-18-14-10-6-2/h9-10,13-14,19,21-23,25-26,31-34,36,38-39,41-42,46,52,56,73-75,80H,5-8,11-12,15-18,20,24,27-30,35,37,40,43-45,47-51,53-55,57-72H2,1-4H3,(H,85,86)(H,87,88)/b13-9-,14-10-,23-19-,25-21-,26-22-,33-31-,34-32-,38-36-,41-39-,46-42-,56-52-. The Hall–Kier alpha value is -4.80. The van der Waals surface area contributed by atoms with Gasteiger partial charge in [-0.3, -0.25) is 37.3 Å². The highest BCUT2D eigenvalue weighted by Crippen LogP contribution is 2.45. The average molecular weight is 1420 g/mol. The normalized spacial score (nSPS) is 14.7. The van der Waals surface area contributed by atoms with Crippen molar-refractivity contribution in [2.75, 3.05) is 39.6 Å². The molecule has 19 heteroatoms. The molecular formula is C79H132O17P2. The quantitative estimate of drug-likeness (QED) is 0.0169. The Bertz CT molecular complexity index is 2380. The number of phosphoric acid groups is 2. The Kier molecular flexibility index (Phi) is 67.2. The molecule has 0 aromatic heterocycles. The number of aliphatic hydroxyl groups excluding tert-OH is 1. The zero-order chi connectivity index (χ0) is 71.8. The number of hydrogen-bond donors (Lipinski definition) is 3. The molecule has 0 fully saturated rings. The molecule has 3 N–H and O–H groups in total. The monoisotopic (exact) mass is 1410 g/mol. The lowest BCUT2D eigenvalue weighted by atomic mass is 10.1. The van der Waals surface area contributed by atoms with Crippen LogP contribution in [0.15, 0.2) is 134 Å². The summed E-state index contributed by atoms with van der Waals surface area (Å²) in [6.45, 7) is 4.46. The van der Waals surface area contributed by atoms with Gasteiger partial charge in [0, 0.05) is 25.7 Å². The third kappa shape index (κ3) is 69.7. The number of hydrogen-bond acceptors (Lipinski definition) is 15. The van der Waals surface area contributed by atoms with Crippen LogP contribution in [0.3, 0.4) is 0 Å². The average Bonchev–Trinajstić information content (AvgIpc) is 1.03. The van der Waals surface area contributed by atoms with Crippen LogP contribution in [0.4, 0.5) is 0 Å².